The molecule has 2 aromatic carbocycles. The molecule has 0 aliphatic rings. The lowest BCUT2D eigenvalue weighted by Crippen LogP contribution is -2.15. The van der Waals surface area contributed by atoms with Gasteiger partial charge in [-0.3, -0.25) is 10.1 Å². The Bertz CT molecular complexity index is 959. The number of carbonyl (C=O) groups is 1. The zero-order chi connectivity index (χ0) is 19.4. The van der Waals surface area contributed by atoms with Crippen molar-refractivity contribution < 1.29 is 9.53 Å². The maximum Gasteiger partial charge on any atom is 0.261 e. The molecule has 1 amide bonds. The van der Waals surface area contributed by atoms with Crippen LogP contribution in [0.2, 0.25) is 5.02 Å². The third-order valence-electron chi connectivity index (χ3n) is 3.63. The van der Waals surface area contributed by atoms with Gasteiger partial charge in [0, 0.05) is 22.0 Å². The standard InChI is InChI=1S/C20H18BrClN2O2S/c1-12(2)26-18-6-4-3-5-15(18)19(25)24-20-23-11-14(27-20)9-13-7-8-16(21)17(22)10-13/h3-8,10-12H,9H2,1-2H3,(H,23,24,25). The van der Waals surface area contributed by atoms with Crippen molar-refractivity contribution in [3.8, 4) is 5.75 Å². The Morgan fingerprint density at radius 3 is 2.81 bits per heavy atom. The second kappa shape index (κ2) is 8.87. The van der Waals surface area contributed by atoms with Crippen LogP contribution in [0.3, 0.4) is 0 Å². The molecule has 0 atom stereocenters. The fourth-order valence-corrected chi connectivity index (χ4v) is 3.76. The van der Waals surface area contributed by atoms with Gasteiger partial charge in [-0.1, -0.05) is 29.8 Å². The molecule has 7 heteroatoms. The van der Waals surface area contributed by atoms with Crippen molar-refractivity contribution in [2.75, 3.05) is 5.32 Å². The summed E-state index contributed by atoms with van der Waals surface area (Å²) in [6, 6.07) is 13.0. The van der Waals surface area contributed by atoms with Crippen molar-refractivity contribution >= 4 is 49.9 Å². The van der Waals surface area contributed by atoms with E-state index in [9.17, 15) is 4.79 Å². The average Bonchev–Trinajstić information content (AvgIpc) is 3.05. The van der Waals surface area contributed by atoms with Gasteiger partial charge in [0.25, 0.3) is 5.91 Å². The molecule has 140 valence electrons. The van der Waals surface area contributed by atoms with Crippen molar-refractivity contribution in [1.82, 2.24) is 4.98 Å². The van der Waals surface area contributed by atoms with E-state index in [0.29, 0.717) is 27.9 Å². The van der Waals surface area contributed by atoms with Crippen molar-refractivity contribution in [1.29, 1.82) is 0 Å². The van der Waals surface area contributed by atoms with Crippen LogP contribution in [0.5, 0.6) is 5.75 Å². The second-order valence-electron chi connectivity index (χ2n) is 6.17. The molecule has 0 unspecified atom stereocenters. The smallest absolute Gasteiger partial charge is 0.261 e. The lowest BCUT2D eigenvalue weighted by Gasteiger charge is -2.13. The number of anilines is 1. The summed E-state index contributed by atoms with van der Waals surface area (Å²) in [7, 11) is 0. The SMILES string of the molecule is CC(C)Oc1ccccc1C(=O)Nc1ncc(Cc2ccc(Br)c(Cl)c2)s1. The zero-order valence-electron chi connectivity index (χ0n) is 14.8. The fourth-order valence-electron chi connectivity index (χ4n) is 2.47. The highest BCUT2D eigenvalue weighted by atomic mass is 79.9. The van der Waals surface area contributed by atoms with Crippen molar-refractivity contribution in [3.63, 3.8) is 0 Å². The summed E-state index contributed by atoms with van der Waals surface area (Å²) in [5.74, 6) is 0.324. The molecule has 0 bridgehead atoms. The van der Waals surface area contributed by atoms with E-state index in [1.165, 1.54) is 11.3 Å². The average molecular weight is 466 g/mol. The fraction of sp³-hybridized carbons (Fsp3) is 0.200. The quantitative estimate of drug-likeness (QED) is 0.472. The van der Waals surface area contributed by atoms with Crippen LogP contribution in [0.1, 0.15) is 34.6 Å². The van der Waals surface area contributed by atoms with E-state index in [1.54, 1.807) is 18.3 Å². The van der Waals surface area contributed by atoms with Crippen LogP contribution in [0.4, 0.5) is 5.13 Å². The van der Waals surface area contributed by atoms with Gasteiger partial charge in [-0.15, -0.1) is 11.3 Å². The summed E-state index contributed by atoms with van der Waals surface area (Å²) < 4.78 is 6.58. The Balaban J connectivity index is 1.70. The minimum absolute atomic E-state index is 0.0110. The van der Waals surface area contributed by atoms with Gasteiger partial charge in [0.2, 0.25) is 0 Å². The Hall–Kier alpha value is -1.89. The van der Waals surface area contributed by atoms with Gasteiger partial charge in [-0.25, -0.2) is 4.98 Å². The predicted molar refractivity (Wildman–Crippen MR) is 114 cm³/mol. The summed E-state index contributed by atoms with van der Waals surface area (Å²) >= 11 is 11.0. The van der Waals surface area contributed by atoms with Gasteiger partial charge in [0.1, 0.15) is 5.75 Å². The molecule has 1 aromatic heterocycles. The van der Waals surface area contributed by atoms with Crippen molar-refractivity contribution in [2.45, 2.75) is 26.4 Å². The Morgan fingerprint density at radius 1 is 1.30 bits per heavy atom. The van der Waals surface area contributed by atoms with Crippen LogP contribution >= 0.6 is 38.9 Å². The third kappa shape index (κ3) is 5.31. The molecule has 0 saturated carbocycles. The maximum absolute atomic E-state index is 12.6. The molecule has 1 N–H and O–H groups in total. The van der Waals surface area contributed by atoms with Crippen LogP contribution in [-0.4, -0.2) is 17.0 Å². The number of thiazole rings is 1. The summed E-state index contributed by atoms with van der Waals surface area (Å²) in [5, 5.41) is 4.08. The third-order valence-corrected chi connectivity index (χ3v) is 5.78. The molecule has 0 aliphatic carbocycles. The van der Waals surface area contributed by atoms with Crippen LogP contribution < -0.4 is 10.1 Å². The lowest BCUT2D eigenvalue weighted by atomic mass is 10.1. The predicted octanol–water partition coefficient (Wildman–Crippen LogP) is 6.19. The highest BCUT2D eigenvalue weighted by Gasteiger charge is 2.15. The first-order chi connectivity index (χ1) is 12.9. The summed E-state index contributed by atoms with van der Waals surface area (Å²) in [4.78, 5) is 18.0. The largest absolute Gasteiger partial charge is 0.490 e. The van der Waals surface area contributed by atoms with E-state index in [-0.39, 0.29) is 12.0 Å². The summed E-state index contributed by atoms with van der Waals surface area (Å²) in [6.45, 7) is 3.85. The first-order valence-corrected chi connectivity index (χ1v) is 10.4. The Kier molecular flexibility index (Phi) is 6.52. The normalized spacial score (nSPS) is 10.9. The van der Waals surface area contributed by atoms with E-state index in [1.807, 2.05) is 44.2 Å². The molecule has 0 radical (unpaired) electrons. The molecule has 3 aromatic rings. The van der Waals surface area contributed by atoms with Crippen LogP contribution in [0, 0.1) is 0 Å². The Labute approximate surface area is 175 Å². The number of ether oxygens (including phenoxy) is 1. The molecular weight excluding hydrogens is 448 g/mol. The van der Waals surface area contributed by atoms with Gasteiger partial charge in [0.05, 0.1) is 16.7 Å². The number of aromatic nitrogens is 1. The van der Waals surface area contributed by atoms with E-state index in [0.717, 1.165) is 14.9 Å². The van der Waals surface area contributed by atoms with Crippen LogP contribution in [0.25, 0.3) is 0 Å². The first-order valence-electron chi connectivity index (χ1n) is 8.38. The summed E-state index contributed by atoms with van der Waals surface area (Å²) in [5.41, 5.74) is 1.57. The maximum atomic E-state index is 12.6. The zero-order valence-corrected chi connectivity index (χ0v) is 18.0. The highest BCUT2D eigenvalue weighted by Crippen LogP contribution is 2.27. The molecule has 0 fully saturated rings. The first kappa shape index (κ1) is 19.9. The van der Waals surface area contributed by atoms with Gasteiger partial charge in [0.15, 0.2) is 5.13 Å². The van der Waals surface area contributed by atoms with Crippen molar-refractivity contribution in [3.05, 3.63) is 74.2 Å². The second-order valence-corrected chi connectivity index (χ2v) is 8.55. The van der Waals surface area contributed by atoms with Crippen LogP contribution in [0.15, 0.2) is 53.1 Å². The van der Waals surface area contributed by atoms with Gasteiger partial charge in [-0.05, 0) is 59.6 Å². The van der Waals surface area contributed by atoms with Crippen molar-refractivity contribution in [2.24, 2.45) is 0 Å². The summed E-state index contributed by atoms with van der Waals surface area (Å²) in [6.07, 6.45) is 2.46. The van der Waals surface area contributed by atoms with E-state index >= 15 is 0 Å². The number of rotatable bonds is 6. The number of hydrogen-bond acceptors (Lipinski definition) is 4. The number of benzene rings is 2. The molecule has 3 rings (SSSR count). The molecule has 0 spiro atoms. The molecule has 0 saturated heterocycles. The van der Waals surface area contributed by atoms with E-state index < -0.39 is 0 Å². The number of hydrogen-bond donors (Lipinski definition) is 1. The number of para-hydroxylation sites is 1. The van der Waals surface area contributed by atoms with E-state index in [2.05, 4.69) is 26.2 Å². The number of amides is 1. The monoisotopic (exact) mass is 464 g/mol. The number of nitrogens with zero attached hydrogens (tertiary/aromatic N) is 1. The minimum Gasteiger partial charge on any atom is -0.490 e. The molecule has 1 heterocycles. The van der Waals surface area contributed by atoms with E-state index in [4.69, 9.17) is 16.3 Å². The topological polar surface area (TPSA) is 51.2 Å². The van der Waals surface area contributed by atoms with Gasteiger partial charge in [-0.2, -0.15) is 0 Å². The van der Waals surface area contributed by atoms with Gasteiger partial charge >= 0.3 is 0 Å². The molecule has 27 heavy (non-hydrogen) atoms. The molecular formula is C20H18BrClN2O2S. The number of carbonyl (C=O) groups excluding carboxylic acids is 1. The van der Waals surface area contributed by atoms with Crippen LogP contribution in [-0.2, 0) is 6.42 Å². The lowest BCUT2D eigenvalue weighted by molar-refractivity contribution is 0.102. The minimum atomic E-state index is -0.237. The Morgan fingerprint density at radius 2 is 2.07 bits per heavy atom. The molecule has 4 nitrogen and oxygen atoms in total. The number of nitrogens with one attached hydrogen (secondary N) is 1. The van der Waals surface area contributed by atoms with Gasteiger partial charge < -0.3 is 4.74 Å². The number of halogens is 2. The molecule has 0 aliphatic heterocycles. The highest BCUT2D eigenvalue weighted by molar-refractivity contribution is 9.10.